The Labute approximate surface area is 207 Å². The number of hydrogen-bond donors (Lipinski definition) is 3. The van der Waals surface area contributed by atoms with Gasteiger partial charge < -0.3 is 30.0 Å². The first-order valence-corrected chi connectivity index (χ1v) is 11.7. The third kappa shape index (κ3) is 12.3. The van der Waals surface area contributed by atoms with Gasteiger partial charge in [0.25, 0.3) is 0 Å². The third-order valence-corrected chi connectivity index (χ3v) is 5.04. The Hall–Kier alpha value is -3.01. The molecule has 0 spiro atoms. The van der Waals surface area contributed by atoms with Gasteiger partial charge in [0, 0.05) is 26.5 Å². The Balaban J connectivity index is 2.93. The van der Waals surface area contributed by atoms with Crippen LogP contribution >= 0.6 is 0 Å². The molecule has 9 nitrogen and oxygen atoms in total. The monoisotopic (exact) mass is 490 g/mol. The zero-order chi connectivity index (χ0) is 25.9. The maximum Gasteiger partial charge on any atom is 0.306 e. The summed E-state index contributed by atoms with van der Waals surface area (Å²) in [4.78, 5) is 37.9. The van der Waals surface area contributed by atoms with Crippen LogP contribution in [0.1, 0.15) is 37.4 Å². The third-order valence-electron chi connectivity index (χ3n) is 5.04. The number of methoxy groups -OCH3 is 1. The van der Waals surface area contributed by atoms with Gasteiger partial charge in [0.2, 0.25) is 11.8 Å². The summed E-state index contributed by atoms with van der Waals surface area (Å²) in [7, 11) is 1.49. The Morgan fingerprint density at radius 1 is 1.11 bits per heavy atom. The highest BCUT2D eigenvalue weighted by Gasteiger charge is 2.31. The molecule has 194 valence electrons. The second-order valence-corrected chi connectivity index (χ2v) is 7.83. The van der Waals surface area contributed by atoms with E-state index < -0.39 is 24.0 Å². The molecular weight excluding hydrogens is 452 g/mol. The van der Waals surface area contributed by atoms with E-state index in [9.17, 15) is 14.4 Å². The standard InChI is InChI=1S/C26H38N2O7/c1-4-6-13-24(31)35-25(20-11-8-7-9-12-20)22(19-33-3)28-26(32)21(10-5-2)18-23(30)27-14-16-34-17-15-29/h4-5,7-9,11-12,21-22,25,29H,1-2,6,10,13-19H2,3H3,(H,27,30)(H,28,32)/t21-,22+,25+/m1/s1. The molecular formula is C26H38N2O7. The van der Waals surface area contributed by atoms with E-state index in [2.05, 4.69) is 23.8 Å². The summed E-state index contributed by atoms with van der Waals surface area (Å²) < 4.78 is 16.2. The number of ether oxygens (including phenoxy) is 3. The lowest BCUT2D eigenvalue weighted by Gasteiger charge is -2.29. The van der Waals surface area contributed by atoms with Crippen LogP contribution in [0, 0.1) is 5.92 Å². The van der Waals surface area contributed by atoms with Gasteiger partial charge in [0.15, 0.2) is 0 Å². The van der Waals surface area contributed by atoms with Crippen LogP contribution in [0.5, 0.6) is 0 Å². The highest BCUT2D eigenvalue weighted by molar-refractivity contribution is 5.86. The number of nitrogens with one attached hydrogen (secondary N) is 2. The van der Waals surface area contributed by atoms with Crippen LogP contribution in [0.3, 0.4) is 0 Å². The van der Waals surface area contributed by atoms with E-state index in [0.29, 0.717) is 12.0 Å². The molecule has 0 unspecified atom stereocenters. The highest BCUT2D eigenvalue weighted by atomic mass is 16.5. The Bertz CT molecular complexity index is 785. The van der Waals surface area contributed by atoms with E-state index in [1.807, 2.05) is 30.3 Å². The molecule has 1 aromatic rings. The van der Waals surface area contributed by atoms with Crippen molar-refractivity contribution in [2.45, 2.75) is 37.8 Å². The lowest BCUT2D eigenvalue weighted by Crippen LogP contribution is -2.47. The smallest absolute Gasteiger partial charge is 0.306 e. The normalized spacial score (nSPS) is 13.2. The fourth-order valence-electron chi connectivity index (χ4n) is 3.34. The van der Waals surface area contributed by atoms with Gasteiger partial charge in [-0.15, -0.1) is 13.2 Å². The first kappa shape index (κ1) is 30.0. The van der Waals surface area contributed by atoms with Gasteiger partial charge in [-0.25, -0.2) is 0 Å². The molecule has 0 fully saturated rings. The summed E-state index contributed by atoms with van der Waals surface area (Å²) in [5.41, 5.74) is 0.711. The Morgan fingerprint density at radius 2 is 1.86 bits per heavy atom. The number of aliphatic hydroxyl groups excluding tert-OH is 1. The highest BCUT2D eigenvalue weighted by Crippen LogP contribution is 2.24. The van der Waals surface area contributed by atoms with Crippen molar-refractivity contribution < 1.29 is 33.7 Å². The number of amides is 2. The number of benzene rings is 1. The summed E-state index contributed by atoms with van der Waals surface area (Å²) in [6.07, 6.45) is 3.32. The van der Waals surface area contributed by atoms with Crippen LogP contribution in [0.25, 0.3) is 0 Å². The van der Waals surface area contributed by atoms with Crippen molar-refractivity contribution in [3.63, 3.8) is 0 Å². The van der Waals surface area contributed by atoms with Crippen LogP contribution in [-0.2, 0) is 28.6 Å². The molecule has 0 aliphatic rings. The van der Waals surface area contributed by atoms with Gasteiger partial charge in [0.05, 0.1) is 38.4 Å². The zero-order valence-corrected chi connectivity index (χ0v) is 20.4. The summed E-state index contributed by atoms with van der Waals surface area (Å²) >= 11 is 0. The van der Waals surface area contributed by atoms with Crippen molar-refractivity contribution in [2.24, 2.45) is 5.92 Å². The first-order chi connectivity index (χ1) is 17.0. The van der Waals surface area contributed by atoms with Crippen molar-refractivity contribution >= 4 is 17.8 Å². The van der Waals surface area contributed by atoms with Crippen LogP contribution in [-0.4, -0.2) is 69.0 Å². The minimum absolute atomic E-state index is 0.0489. The minimum atomic E-state index is -0.778. The number of hydrogen-bond acceptors (Lipinski definition) is 7. The molecule has 0 aliphatic carbocycles. The molecule has 0 radical (unpaired) electrons. The van der Waals surface area contributed by atoms with E-state index >= 15 is 0 Å². The lowest BCUT2D eigenvalue weighted by atomic mass is 9.97. The van der Waals surface area contributed by atoms with E-state index in [0.717, 1.165) is 0 Å². The molecule has 0 saturated heterocycles. The van der Waals surface area contributed by atoms with Gasteiger partial charge >= 0.3 is 5.97 Å². The van der Waals surface area contributed by atoms with E-state index in [4.69, 9.17) is 19.3 Å². The minimum Gasteiger partial charge on any atom is -0.455 e. The van der Waals surface area contributed by atoms with Gasteiger partial charge in [-0.05, 0) is 18.4 Å². The largest absolute Gasteiger partial charge is 0.455 e. The van der Waals surface area contributed by atoms with Crippen LogP contribution < -0.4 is 10.6 Å². The number of aliphatic hydroxyl groups is 1. The van der Waals surface area contributed by atoms with Crippen molar-refractivity contribution in [3.05, 3.63) is 61.2 Å². The van der Waals surface area contributed by atoms with Crippen LogP contribution in [0.4, 0.5) is 0 Å². The SMILES string of the molecule is C=CCCC(=O)O[C@@H](c1ccccc1)[C@H](COC)NC(=O)[C@H](CC=C)CC(=O)NCCOCCO. The van der Waals surface area contributed by atoms with Gasteiger partial charge in [-0.3, -0.25) is 14.4 Å². The molecule has 0 heterocycles. The molecule has 0 aliphatic heterocycles. The predicted octanol–water partition coefficient (Wildman–Crippen LogP) is 2.08. The average molecular weight is 491 g/mol. The predicted molar refractivity (Wildman–Crippen MR) is 132 cm³/mol. The zero-order valence-electron chi connectivity index (χ0n) is 20.4. The summed E-state index contributed by atoms with van der Waals surface area (Å²) in [5.74, 6) is -1.77. The van der Waals surface area contributed by atoms with Gasteiger partial charge in [-0.2, -0.15) is 0 Å². The number of allylic oxidation sites excluding steroid dienone is 2. The molecule has 3 N–H and O–H groups in total. The van der Waals surface area contributed by atoms with E-state index in [-0.39, 0.29) is 64.0 Å². The van der Waals surface area contributed by atoms with Gasteiger partial charge in [-0.1, -0.05) is 42.5 Å². The Kier molecular flexibility index (Phi) is 15.7. The molecule has 2 amide bonds. The van der Waals surface area contributed by atoms with Crippen LogP contribution in [0.15, 0.2) is 55.6 Å². The first-order valence-electron chi connectivity index (χ1n) is 11.7. The molecule has 1 rings (SSSR count). The fourth-order valence-corrected chi connectivity index (χ4v) is 3.34. The average Bonchev–Trinajstić information content (AvgIpc) is 2.86. The fraction of sp³-hybridized carbons (Fsp3) is 0.500. The number of rotatable bonds is 19. The number of carbonyl (C=O) groups excluding carboxylic acids is 3. The molecule has 9 heteroatoms. The van der Waals surface area contributed by atoms with Crippen molar-refractivity contribution in [1.82, 2.24) is 10.6 Å². The van der Waals surface area contributed by atoms with E-state index in [1.165, 1.54) is 7.11 Å². The Morgan fingerprint density at radius 3 is 2.49 bits per heavy atom. The second-order valence-electron chi connectivity index (χ2n) is 7.83. The van der Waals surface area contributed by atoms with Crippen LogP contribution in [0.2, 0.25) is 0 Å². The van der Waals surface area contributed by atoms with Crippen molar-refractivity contribution in [3.8, 4) is 0 Å². The summed E-state index contributed by atoms with van der Waals surface area (Å²) in [6, 6.07) is 8.44. The maximum absolute atomic E-state index is 13.2. The molecule has 0 bridgehead atoms. The number of esters is 1. The van der Waals surface area contributed by atoms with Crippen molar-refractivity contribution in [1.29, 1.82) is 0 Å². The summed E-state index contributed by atoms with van der Waals surface area (Å²) in [5, 5.41) is 14.3. The maximum atomic E-state index is 13.2. The number of carbonyl (C=O) groups is 3. The molecule has 35 heavy (non-hydrogen) atoms. The molecule has 1 aromatic carbocycles. The topological polar surface area (TPSA) is 123 Å². The van der Waals surface area contributed by atoms with Crippen molar-refractivity contribution in [2.75, 3.05) is 40.1 Å². The molecule has 0 aromatic heterocycles. The van der Waals surface area contributed by atoms with E-state index in [1.54, 1.807) is 12.2 Å². The molecule has 3 atom stereocenters. The molecule has 0 saturated carbocycles. The summed E-state index contributed by atoms with van der Waals surface area (Å²) in [6.45, 7) is 8.04. The second kappa shape index (κ2) is 18.3. The van der Waals surface area contributed by atoms with Gasteiger partial charge in [0.1, 0.15) is 6.10 Å². The quantitative estimate of drug-likeness (QED) is 0.154. The lowest BCUT2D eigenvalue weighted by molar-refractivity contribution is -0.153.